The Morgan fingerprint density at radius 2 is 1.83 bits per heavy atom. The van der Waals surface area contributed by atoms with Crippen molar-refractivity contribution in [3.63, 3.8) is 0 Å². The van der Waals surface area contributed by atoms with Crippen molar-refractivity contribution < 1.29 is 4.79 Å². The van der Waals surface area contributed by atoms with Crippen LogP contribution < -0.4 is 10.6 Å². The van der Waals surface area contributed by atoms with E-state index in [-0.39, 0.29) is 5.91 Å². The van der Waals surface area contributed by atoms with Crippen molar-refractivity contribution in [2.45, 2.75) is 13.5 Å². The summed E-state index contributed by atoms with van der Waals surface area (Å²) in [5, 5.41) is 6.02. The van der Waals surface area contributed by atoms with Crippen LogP contribution in [-0.2, 0) is 11.3 Å². The van der Waals surface area contributed by atoms with Gasteiger partial charge in [0.2, 0.25) is 5.91 Å². The van der Waals surface area contributed by atoms with Gasteiger partial charge in [-0.2, -0.15) is 0 Å². The molecule has 2 rings (SSSR count). The van der Waals surface area contributed by atoms with Crippen molar-refractivity contribution in [2.75, 3.05) is 10.6 Å². The maximum atomic E-state index is 10.9. The molecule has 0 fully saturated rings. The van der Waals surface area contributed by atoms with Crippen molar-refractivity contribution in [1.82, 2.24) is 0 Å². The fourth-order valence-electron chi connectivity index (χ4n) is 1.51. The van der Waals surface area contributed by atoms with E-state index >= 15 is 0 Å². The quantitative estimate of drug-likeness (QED) is 0.890. The summed E-state index contributed by atoms with van der Waals surface area (Å²) in [6.07, 6.45) is 0. The molecule has 1 aromatic carbocycles. The molecule has 2 N–H and O–H groups in total. The second kappa shape index (κ2) is 5.89. The van der Waals surface area contributed by atoms with Gasteiger partial charge in [0.05, 0.1) is 4.34 Å². The molecule has 0 aliphatic heterocycles. The third-order valence-corrected chi connectivity index (χ3v) is 3.53. The fourth-order valence-corrected chi connectivity index (χ4v) is 2.54. The highest BCUT2D eigenvalue weighted by Crippen LogP contribution is 2.22. The molecule has 0 bridgehead atoms. The average molecular weight is 281 g/mol. The lowest BCUT2D eigenvalue weighted by Crippen LogP contribution is -2.05. The Labute approximate surface area is 115 Å². The molecule has 1 heterocycles. The van der Waals surface area contributed by atoms with Crippen LogP contribution in [0.3, 0.4) is 0 Å². The molecule has 0 saturated heterocycles. The van der Waals surface area contributed by atoms with E-state index in [9.17, 15) is 4.79 Å². The van der Waals surface area contributed by atoms with Crippen molar-refractivity contribution in [3.8, 4) is 0 Å². The third kappa shape index (κ3) is 3.75. The zero-order valence-corrected chi connectivity index (χ0v) is 11.4. The summed E-state index contributed by atoms with van der Waals surface area (Å²) in [6, 6.07) is 11.5. The SMILES string of the molecule is CC(=O)Nc1ccc(NCc2ccc(Cl)s2)cc1. The van der Waals surface area contributed by atoms with Gasteiger partial charge in [-0.15, -0.1) is 11.3 Å². The van der Waals surface area contributed by atoms with Gasteiger partial charge in [0, 0.05) is 29.7 Å². The van der Waals surface area contributed by atoms with Crippen LogP contribution in [0, 0.1) is 0 Å². The Morgan fingerprint density at radius 3 is 2.39 bits per heavy atom. The van der Waals surface area contributed by atoms with Gasteiger partial charge >= 0.3 is 0 Å². The lowest BCUT2D eigenvalue weighted by molar-refractivity contribution is -0.114. The molecule has 18 heavy (non-hydrogen) atoms. The normalized spacial score (nSPS) is 10.1. The average Bonchev–Trinajstić information content (AvgIpc) is 2.74. The fraction of sp³-hybridized carbons (Fsp3) is 0.154. The van der Waals surface area contributed by atoms with Gasteiger partial charge in [-0.05, 0) is 36.4 Å². The number of hydrogen-bond acceptors (Lipinski definition) is 3. The number of anilines is 2. The molecular formula is C13H13ClN2OS. The van der Waals surface area contributed by atoms with E-state index in [1.54, 1.807) is 11.3 Å². The van der Waals surface area contributed by atoms with Crippen molar-refractivity contribution in [3.05, 3.63) is 45.6 Å². The standard InChI is InChI=1S/C13H13ClN2OS/c1-9(17)16-11-4-2-10(3-5-11)15-8-12-6-7-13(14)18-12/h2-7,15H,8H2,1H3,(H,16,17). The predicted molar refractivity (Wildman–Crippen MR) is 77.4 cm³/mol. The van der Waals surface area contributed by atoms with E-state index in [1.165, 1.54) is 11.8 Å². The molecule has 5 heteroatoms. The highest BCUT2D eigenvalue weighted by atomic mass is 35.5. The Hall–Kier alpha value is -1.52. The zero-order chi connectivity index (χ0) is 13.0. The summed E-state index contributed by atoms with van der Waals surface area (Å²) in [7, 11) is 0. The number of amides is 1. The largest absolute Gasteiger partial charge is 0.380 e. The maximum Gasteiger partial charge on any atom is 0.221 e. The summed E-state index contributed by atoms with van der Waals surface area (Å²) in [5.74, 6) is -0.0658. The summed E-state index contributed by atoms with van der Waals surface area (Å²) in [6.45, 7) is 2.24. The molecule has 0 aliphatic rings. The monoisotopic (exact) mass is 280 g/mol. The first-order valence-corrected chi connectivity index (χ1v) is 6.68. The van der Waals surface area contributed by atoms with Gasteiger partial charge in [-0.25, -0.2) is 0 Å². The molecular weight excluding hydrogens is 268 g/mol. The molecule has 3 nitrogen and oxygen atoms in total. The molecule has 1 aromatic heterocycles. The maximum absolute atomic E-state index is 10.9. The predicted octanol–water partition coefficient (Wildman–Crippen LogP) is 3.97. The van der Waals surface area contributed by atoms with Crippen LogP contribution in [0.5, 0.6) is 0 Å². The van der Waals surface area contributed by atoms with Gasteiger partial charge in [-0.1, -0.05) is 11.6 Å². The molecule has 0 aliphatic carbocycles. The van der Waals surface area contributed by atoms with Gasteiger partial charge in [0.15, 0.2) is 0 Å². The van der Waals surface area contributed by atoms with Gasteiger partial charge in [0.25, 0.3) is 0 Å². The van der Waals surface area contributed by atoms with Crippen molar-refractivity contribution in [2.24, 2.45) is 0 Å². The van der Waals surface area contributed by atoms with E-state index in [2.05, 4.69) is 10.6 Å². The van der Waals surface area contributed by atoms with Crippen LogP contribution in [0.15, 0.2) is 36.4 Å². The van der Waals surface area contributed by atoms with E-state index in [0.717, 1.165) is 22.3 Å². The number of thiophene rings is 1. The van der Waals surface area contributed by atoms with Gasteiger partial charge < -0.3 is 10.6 Å². The molecule has 0 radical (unpaired) electrons. The number of benzene rings is 1. The Morgan fingerprint density at radius 1 is 1.17 bits per heavy atom. The van der Waals surface area contributed by atoms with Crippen LogP contribution in [0.25, 0.3) is 0 Å². The van der Waals surface area contributed by atoms with E-state index in [0.29, 0.717) is 0 Å². The topological polar surface area (TPSA) is 41.1 Å². The summed E-state index contributed by atoms with van der Waals surface area (Å²) >= 11 is 7.43. The Balaban J connectivity index is 1.92. The minimum Gasteiger partial charge on any atom is -0.380 e. The lowest BCUT2D eigenvalue weighted by Gasteiger charge is -2.06. The number of nitrogens with one attached hydrogen (secondary N) is 2. The lowest BCUT2D eigenvalue weighted by atomic mass is 10.2. The highest BCUT2D eigenvalue weighted by molar-refractivity contribution is 7.16. The minimum absolute atomic E-state index is 0.0658. The molecule has 1 amide bonds. The smallest absolute Gasteiger partial charge is 0.221 e. The Kier molecular flexibility index (Phi) is 4.23. The van der Waals surface area contributed by atoms with Crippen LogP contribution in [0.1, 0.15) is 11.8 Å². The number of rotatable bonds is 4. The molecule has 0 atom stereocenters. The van der Waals surface area contributed by atoms with Crippen LogP contribution in [0.4, 0.5) is 11.4 Å². The van der Waals surface area contributed by atoms with Crippen molar-refractivity contribution >= 4 is 40.2 Å². The van der Waals surface area contributed by atoms with Crippen molar-refractivity contribution in [1.29, 1.82) is 0 Å². The van der Waals surface area contributed by atoms with Gasteiger partial charge in [-0.3, -0.25) is 4.79 Å². The first-order valence-electron chi connectivity index (χ1n) is 5.49. The van der Waals surface area contributed by atoms with Crippen LogP contribution in [-0.4, -0.2) is 5.91 Å². The summed E-state index contributed by atoms with van der Waals surface area (Å²) < 4.78 is 0.799. The summed E-state index contributed by atoms with van der Waals surface area (Å²) in [5.41, 5.74) is 1.81. The van der Waals surface area contributed by atoms with Crippen LogP contribution in [0.2, 0.25) is 4.34 Å². The highest BCUT2D eigenvalue weighted by Gasteiger charge is 1.99. The van der Waals surface area contributed by atoms with Gasteiger partial charge in [0.1, 0.15) is 0 Å². The van der Waals surface area contributed by atoms with E-state index < -0.39 is 0 Å². The summed E-state index contributed by atoms with van der Waals surface area (Å²) in [4.78, 5) is 12.1. The number of halogens is 1. The third-order valence-electron chi connectivity index (χ3n) is 2.30. The number of carbonyl (C=O) groups excluding carboxylic acids is 1. The second-order valence-corrected chi connectivity index (χ2v) is 5.62. The first-order chi connectivity index (χ1) is 8.63. The molecule has 94 valence electrons. The van der Waals surface area contributed by atoms with E-state index in [1.807, 2.05) is 36.4 Å². The van der Waals surface area contributed by atoms with Crippen LogP contribution >= 0.6 is 22.9 Å². The molecule has 0 unspecified atom stereocenters. The number of carbonyl (C=O) groups is 1. The minimum atomic E-state index is -0.0658. The second-order valence-electron chi connectivity index (χ2n) is 3.82. The molecule has 0 saturated carbocycles. The molecule has 2 aromatic rings. The zero-order valence-electron chi connectivity index (χ0n) is 9.87. The first kappa shape index (κ1) is 12.9. The number of hydrogen-bond donors (Lipinski definition) is 2. The van der Waals surface area contributed by atoms with E-state index in [4.69, 9.17) is 11.6 Å². The molecule has 0 spiro atoms. The Bertz CT molecular complexity index is 536.